The molecule has 1 nitrogen and oxygen atoms in total. The van der Waals surface area contributed by atoms with E-state index in [-0.39, 0.29) is 0 Å². The van der Waals surface area contributed by atoms with E-state index in [4.69, 9.17) is 4.74 Å². The van der Waals surface area contributed by atoms with Crippen LogP contribution in [0.4, 0.5) is 0 Å². The molecule has 1 radical (unpaired) electrons. The standard InChI is InChI=1S/C11H21OS/c1-2-3-4-7-10-13-11-8-5-6-9-12-11/h11H,1-10H2. The van der Waals surface area contributed by atoms with Gasteiger partial charge in [-0.25, -0.2) is 0 Å². The summed E-state index contributed by atoms with van der Waals surface area (Å²) in [6.07, 6.45) is 8.93. The molecule has 0 amide bonds. The number of unbranched alkanes of at least 4 members (excludes halogenated alkanes) is 3. The Bertz CT molecular complexity index is 111. The van der Waals surface area contributed by atoms with Crippen LogP contribution in [0.5, 0.6) is 0 Å². The topological polar surface area (TPSA) is 9.23 Å². The monoisotopic (exact) mass is 201 g/mol. The molecular weight excluding hydrogens is 180 g/mol. The zero-order valence-corrected chi connectivity index (χ0v) is 9.28. The van der Waals surface area contributed by atoms with E-state index >= 15 is 0 Å². The summed E-state index contributed by atoms with van der Waals surface area (Å²) in [6, 6.07) is 0. The fourth-order valence-corrected chi connectivity index (χ4v) is 2.67. The van der Waals surface area contributed by atoms with Crippen LogP contribution < -0.4 is 0 Å². The number of rotatable bonds is 6. The Morgan fingerprint density at radius 1 is 1.23 bits per heavy atom. The van der Waals surface area contributed by atoms with Crippen molar-refractivity contribution < 1.29 is 4.74 Å². The van der Waals surface area contributed by atoms with Crippen molar-refractivity contribution in [3.05, 3.63) is 6.92 Å². The van der Waals surface area contributed by atoms with Gasteiger partial charge in [0.15, 0.2) is 0 Å². The van der Waals surface area contributed by atoms with Crippen molar-refractivity contribution in [3.63, 3.8) is 0 Å². The molecular formula is C11H21OS. The predicted octanol–water partition coefficient (Wildman–Crippen LogP) is 3.64. The second-order valence-electron chi connectivity index (χ2n) is 3.58. The number of hydrogen-bond acceptors (Lipinski definition) is 2. The summed E-state index contributed by atoms with van der Waals surface area (Å²) in [7, 11) is 0. The first-order valence-electron chi connectivity index (χ1n) is 5.46. The number of hydrogen-bond donors (Lipinski definition) is 0. The average molecular weight is 201 g/mol. The zero-order valence-electron chi connectivity index (χ0n) is 8.46. The van der Waals surface area contributed by atoms with Crippen molar-refractivity contribution in [2.24, 2.45) is 0 Å². The minimum atomic E-state index is 0.508. The maximum atomic E-state index is 5.64. The first-order valence-corrected chi connectivity index (χ1v) is 6.51. The normalized spacial score (nSPS) is 23.3. The molecule has 0 spiro atoms. The van der Waals surface area contributed by atoms with E-state index < -0.39 is 0 Å². The lowest BCUT2D eigenvalue weighted by Gasteiger charge is -2.21. The minimum absolute atomic E-state index is 0.508. The highest BCUT2D eigenvalue weighted by Crippen LogP contribution is 2.24. The van der Waals surface area contributed by atoms with Crippen LogP contribution in [0.25, 0.3) is 0 Å². The second-order valence-corrected chi connectivity index (χ2v) is 4.85. The lowest BCUT2D eigenvalue weighted by Crippen LogP contribution is -2.15. The van der Waals surface area contributed by atoms with Gasteiger partial charge in [0, 0.05) is 6.61 Å². The molecule has 0 aromatic heterocycles. The van der Waals surface area contributed by atoms with Crippen LogP contribution in [0.15, 0.2) is 0 Å². The van der Waals surface area contributed by atoms with Crippen LogP contribution >= 0.6 is 11.8 Å². The summed E-state index contributed by atoms with van der Waals surface area (Å²) in [5.41, 5.74) is 0.508. The molecule has 1 heterocycles. The van der Waals surface area contributed by atoms with Crippen LogP contribution in [0.2, 0.25) is 0 Å². The Balaban J connectivity index is 1.86. The van der Waals surface area contributed by atoms with Crippen molar-refractivity contribution in [3.8, 4) is 0 Å². The van der Waals surface area contributed by atoms with Gasteiger partial charge in [0.2, 0.25) is 0 Å². The molecule has 1 unspecified atom stereocenters. The molecule has 13 heavy (non-hydrogen) atoms. The molecule has 1 atom stereocenters. The maximum Gasteiger partial charge on any atom is 0.103 e. The Kier molecular flexibility index (Phi) is 6.73. The van der Waals surface area contributed by atoms with Gasteiger partial charge in [-0.1, -0.05) is 26.2 Å². The maximum absolute atomic E-state index is 5.64. The van der Waals surface area contributed by atoms with E-state index in [0.717, 1.165) is 13.0 Å². The minimum Gasteiger partial charge on any atom is -0.368 e. The second kappa shape index (κ2) is 7.69. The van der Waals surface area contributed by atoms with Gasteiger partial charge in [0.25, 0.3) is 0 Å². The molecule has 0 N–H and O–H groups in total. The molecule has 1 fully saturated rings. The van der Waals surface area contributed by atoms with Crippen LogP contribution in [0.1, 0.15) is 44.9 Å². The van der Waals surface area contributed by atoms with Crippen LogP contribution in [0.3, 0.4) is 0 Å². The first kappa shape index (κ1) is 11.4. The fraction of sp³-hybridized carbons (Fsp3) is 0.909. The average Bonchev–Trinajstić information content (AvgIpc) is 2.19. The quantitative estimate of drug-likeness (QED) is 0.607. The Morgan fingerprint density at radius 3 is 2.85 bits per heavy atom. The van der Waals surface area contributed by atoms with E-state index in [2.05, 4.69) is 6.92 Å². The molecule has 2 heteroatoms. The van der Waals surface area contributed by atoms with E-state index in [0.29, 0.717) is 5.44 Å². The Labute approximate surface area is 86.6 Å². The molecule has 77 valence electrons. The molecule has 1 aliphatic heterocycles. The molecule has 0 aliphatic carbocycles. The SMILES string of the molecule is [CH2]CCCCCSC1CCCCO1. The van der Waals surface area contributed by atoms with E-state index in [1.807, 2.05) is 11.8 Å². The largest absolute Gasteiger partial charge is 0.368 e. The van der Waals surface area contributed by atoms with Gasteiger partial charge >= 0.3 is 0 Å². The third-order valence-corrected chi connectivity index (χ3v) is 3.60. The third-order valence-electron chi connectivity index (χ3n) is 2.34. The van der Waals surface area contributed by atoms with Crippen molar-refractivity contribution in [1.82, 2.24) is 0 Å². The summed E-state index contributed by atoms with van der Waals surface area (Å²) >= 11 is 2.01. The number of thioether (sulfide) groups is 1. The summed E-state index contributed by atoms with van der Waals surface area (Å²) in [6.45, 7) is 4.82. The van der Waals surface area contributed by atoms with Gasteiger partial charge < -0.3 is 4.74 Å². The molecule has 1 rings (SSSR count). The smallest absolute Gasteiger partial charge is 0.103 e. The van der Waals surface area contributed by atoms with Crippen molar-refractivity contribution in [2.75, 3.05) is 12.4 Å². The highest BCUT2D eigenvalue weighted by molar-refractivity contribution is 7.99. The van der Waals surface area contributed by atoms with E-state index in [1.165, 1.54) is 44.3 Å². The predicted molar refractivity (Wildman–Crippen MR) is 59.9 cm³/mol. The molecule has 1 saturated heterocycles. The van der Waals surface area contributed by atoms with Crippen molar-refractivity contribution in [1.29, 1.82) is 0 Å². The summed E-state index contributed by atoms with van der Waals surface area (Å²) in [4.78, 5) is 0. The molecule has 0 aromatic carbocycles. The Morgan fingerprint density at radius 2 is 2.15 bits per heavy atom. The third kappa shape index (κ3) is 5.58. The van der Waals surface area contributed by atoms with Crippen LogP contribution in [-0.4, -0.2) is 17.8 Å². The van der Waals surface area contributed by atoms with Crippen LogP contribution in [0, 0.1) is 6.92 Å². The molecule has 0 aromatic rings. The van der Waals surface area contributed by atoms with E-state index in [9.17, 15) is 0 Å². The fourth-order valence-electron chi connectivity index (χ4n) is 1.51. The van der Waals surface area contributed by atoms with E-state index in [1.54, 1.807) is 0 Å². The highest BCUT2D eigenvalue weighted by Gasteiger charge is 2.12. The lowest BCUT2D eigenvalue weighted by molar-refractivity contribution is 0.0728. The van der Waals surface area contributed by atoms with Gasteiger partial charge in [-0.3, -0.25) is 0 Å². The van der Waals surface area contributed by atoms with Gasteiger partial charge in [-0.05, 0) is 31.4 Å². The Hall–Kier alpha value is 0.310. The molecule has 0 bridgehead atoms. The van der Waals surface area contributed by atoms with Gasteiger partial charge in [-0.2, -0.15) is 0 Å². The lowest BCUT2D eigenvalue weighted by atomic mass is 10.2. The van der Waals surface area contributed by atoms with Gasteiger partial charge in [-0.15, -0.1) is 11.8 Å². The van der Waals surface area contributed by atoms with Gasteiger partial charge in [0.05, 0.1) is 0 Å². The molecule has 0 saturated carbocycles. The van der Waals surface area contributed by atoms with Gasteiger partial charge in [0.1, 0.15) is 5.44 Å². The summed E-state index contributed by atoms with van der Waals surface area (Å²) < 4.78 is 5.64. The van der Waals surface area contributed by atoms with Crippen molar-refractivity contribution in [2.45, 2.75) is 50.4 Å². The zero-order chi connectivity index (χ0) is 9.36. The first-order chi connectivity index (χ1) is 6.43. The van der Waals surface area contributed by atoms with Crippen LogP contribution in [-0.2, 0) is 4.74 Å². The molecule has 1 aliphatic rings. The summed E-state index contributed by atoms with van der Waals surface area (Å²) in [5.74, 6) is 1.27. The van der Waals surface area contributed by atoms with Crippen molar-refractivity contribution >= 4 is 11.8 Å². The summed E-state index contributed by atoms with van der Waals surface area (Å²) in [5, 5.41) is 0. The highest BCUT2D eigenvalue weighted by atomic mass is 32.2. The number of ether oxygens (including phenoxy) is 1.